The van der Waals surface area contributed by atoms with Crippen LogP contribution in [0.15, 0.2) is 41.4 Å². The van der Waals surface area contributed by atoms with Gasteiger partial charge in [-0.1, -0.05) is 0 Å². The summed E-state index contributed by atoms with van der Waals surface area (Å²) < 4.78 is 39.9. The number of nitrogens with zero attached hydrogens (tertiary/aromatic N) is 1. The fraction of sp³-hybridized carbons (Fsp3) is 0.214. The normalized spacial score (nSPS) is 12.3. The minimum atomic E-state index is -4.70. The number of anilines is 1. The van der Waals surface area contributed by atoms with Gasteiger partial charge in [-0.3, -0.25) is 0 Å². The molecule has 0 spiro atoms. The second-order valence-corrected chi connectivity index (χ2v) is 5.78. The van der Waals surface area contributed by atoms with Crippen LogP contribution >= 0.6 is 11.3 Å². The monoisotopic (exact) mass is 329 g/mol. The van der Waals surface area contributed by atoms with Gasteiger partial charge in [-0.15, -0.1) is 24.5 Å². The van der Waals surface area contributed by atoms with E-state index in [1.165, 1.54) is 29.1 Å². The molecule has 0 atom stereocenters. The van der Waals surface area contributed by atoms with Crippen molar-refractivity contribution in [1.29, 1.82) is 0 Å². The largest absolute Gasteiger partial charge is 0.573 e. The quantitative estimate of drug-likeness (QED) is 0.661. The molecule has 0 saturated carbocycles. The molecule has 1 heterocycles. The standard InChI is InChI=1S/C14H14F3N3OS/c1-9-2-7-12(22-9)8-19-13(18)20-10-3-5-11(6-4-10)21-14(15,16)17/h2-7H,8H2,1H3,(H3,18,19,20). The lowest BCUT2D eigenvalue weighted by atomic mass is 10.3. The van der Waals surface area contributed by atoms with Crippen molar-refractivity contribution in [2.45, 2.75) is 19.8 Å². The molecule has 0 saturated heterocycles. The molecule has 8 heteroatoms. The smallest absolute Gasteiger partial charge is 0.406 e. The molecule has 3 N–H and O–H groups in total. The second-order valence-electron chi connectivity index (χ2n) is 4.41. The summed E-state index contributed by atoms with van der Waals surface area (Å²) in [5.74, 6) is -0.0989. The predicted octanol–water partition coefficient (Wildman–Crippen LogP) is 3.88. The molecule has 0 bridgehead atoms. The average Bonchev–Trinajstić information content (AvgIpc) is 2.83. The summed E-state index contributed by atoms with van der Waals surface area (Å²) in [6.45, 7) is 2.46. The number of benzene rings is 1. The van der Waals surface area contributed by atoms with Gasteiger partial charge in [0.25, 0.3) is 0 Å². The van der Waals surface area contributed by atoms with E-state index < -0.39 is 6.36 Å². The maximum atomic E-state index is 12.0. The summed E-state index contributed by atoms with van der Waals surface area (Å²) in [6.07, 6.45) is -4.70. The van der Waals surface area contributed by atoms with Crippen molar-refractivity contribution < 1.29 is 17.9 Å². The number of aryl methyl sites for hydroxylation is 1. The number of hydrogen-bond acceptors (Lipinski definition) is 3. The molecule has 2 aromatic rings. The van der Waals surface area contributed by atoms with E-state index in [4.69, 9.17) is 5.73 Å². The van der Waals surface area contributed by atoms with Crippen LogP contribution < -0.4 is 15.8 Å². The Labute approximate surface area is 129 Å². The van der Waals surface area contributed by atoms with E-state index in [0.717, 1.165) is 4.88 Å². The average molecular weight is 329 g/mol. The Hall–Kier alpha value is -2.22. The number of alkyl halides is 3. The number of thiophene rings is 1. The van der Waals surface area contributed by atoms with Crippen molar-refractivity contribution in [2.75, 3.05) is 5.32 Å². The van der Waals surface area contributed by atoms with Crippen LogP contribution in [-0.2, 0) is 6.54 Å². The van der Waals surface area contributed by atoms with E-state index in [2.05, 4.69) is 15.0 Å². The molecule has 118 valence electrons. The van der Waals surface area contributed by atoms with Crippen LogP contribution in [0.5, 0.6) is 5.75 Å². The molecular weight excluding hydrogens is 315 g/mol. The summed E-state index contributed by atoms with van der Waals surface area (Å²) in [5, 5.41) is 2.80. The molecule has 4 nitrogen and oxygen atoms in total. The Bertz CT molecular complexity index is 650. The second kappa shape index (κ2) is 6.69. The Morgan fingerprint density at radius 1 is 1.23 bits per heavy atom. The van der Waals surface area contributed by atoms with E-state index in [-0.39, 0.29) is 11.7 Å². The first-order valence-electron chi connectivity index (χ1n) is 6.30. The van der Waals surface area contributed by atoms with Crippen molar-refractivity contribution in [3.05, 3.63) is 46.2 Å². The number of guanidine groups is 1. The van der Waals surface area contributed by atoms with Crippen molar-refractivity contribution in [3.8, 4) is 5.75 Å². The van der Waals surface area contributed by atoms with E-state index in [1.807, 2.05) is 19.1 Å². The van der Waals surface area contributed by atoms with Gasteiger partial charge >= 0.3 is 6.36 Å². The number of halogens is 3. The molecule has 0 aliphatic carbocycles. The van der Waals surface area contributed by atoms with E-state index >= 15 is 0 Å². The number of nitrogens with two attached hydrogens (primary N) is 1. The summed E-state index contributed by atoms with van der Waals surface area (Å²) in [5.41, 5.74) is 6.26. The molecule has 0 aliphatic heterocycles. The first-order valence-corrected chi connectivity index (χ1v) is 7.11. The third kappa shape index (κ3) is 5.28. The van der Waals surface area contributed by atoms with E-state index in [0.29, 0.717) is 12.2 Å². The maximum absolute atomic E-state index is 12.0. The first-order chi connectivity index (χ1) is 10.3. The SMILES string of the molecule is Cc1ccc(CN=C(N)Nc2ccc(OC(F)(F)F)cc2)s1. The number of nitrogens with one attached hydrogen (secondary N) is 1. The Kier molecular flexibility index (Phi) is 4.92. The zero-order valence-corrected chi connectivity index (χ0v) is 12.5. The molecule has 1 aromatic carbocycles. The fourth-order valence-corrected chi connectivity index (χ4v) is 2.48. The zero-order chi connectivity index (χ0) is 16.2. The Balaban J connectivity index is 1.92. The first kappa shape index (κ1) is 16.2. The van der Waals surface area contributed by atoms with Gasteiger partial charge in [-0.05, 0) is 43.3 Å². The number of rotatable bonds is 4. The number of ether oxygens (including phenoxy) is 1. The molecule has 0 aliphatic rings. The lowest BCUT2D eigenvalue weighted by molar-refractivity contribution is -0.274. The van der Waals surface area contributed by atoms with Crippen LogP contribution in [0, 0.1) is 6.92 Å². The van der Waals surface area contributed by atoms with E-state index in [1.54, 1.807) is 11.3 Å². The van der Waals surface area contributed by atoms with E-state index in [9.17, 15) is 13.2 Å². The molecule has 0 fully saturated rings. The van der Waals surface area contributed by atoms with Gasteiger partial charge in [-0.2, -0.15) is 0 Å². The lowest BCUT2D eigenvalue weighted by Crippen LogP contribution is -2.22. The van der Waals surface area contributed by atoms with Crippen molar-refractivity contribution in [1.82, 2.24) is 0 Å². The third-order valence-corrected chi connectivity index (χ3v) is 3.55. The van der Waals surface area contributed by atoms with Crippen LogP contribution in [0.1, 0.15) is 9.75 Å². The highest BCUT2D eigenvalue weighted by Gasteiger charge is 2.30. The Morgan fingerprint density at radius 2 is 1.91 bits per heavy atom. The molecular formula is C14H14F3N3OS. The van der Waals surface area contributed by atoms with Crippen LogP contribution in [0.4, 0.5) is 18.9 Å². The summed E-state index contributed by atoms with van der Waals surface area (Å²) in [7, 11) is 0. The van der Waals surface area contributed by atoms with Gasteiger partial charge in [0.05, 0.1) is 6.54 Å². The highest BCUT2D eigenvalue weighted by Crippen LogP contribution is 2.23. The van der Waals surface area contributed by atoms with Gasteiger partial charge < -0.3 is 15.8 Å². The van der Waals surface area contributed by atoms with Crippen molar-refractivity contribution >= 4 is 23.0 Å². The molecule has 0 amide bonds. The summed E-state index contributed by atoms with van der Waals surface area (Å²) in [6, 6.07) is 9.23. The Morgan fingerprint density at radius 3 is 2.45 bits per heavy atom. The van der Waals surface area contributed by atoms with Gasteiger partial charge in [-0.25, -0.2) is 4.99 Å². The van der Waals surface area contributed by atoms with Crippen molar-refractivity contribution in [3.63, 3.8) is 0 Å². The van der Waals surface area contributed by atoms with Gasteiger partial charge in [0.2, 0.25) is 0 Å². The van der Waals surface area contributed by atoms with Crippen LogP contribution in [0.2, 0.25) is 0 Å². The fourth-order valence-electron chi connectivity index (χ4n) is 1.66. The molecule has 1 aromatic heterocycles. The van der Waals surface area contributed by atoms with Gasteiger partial charge in [0.1, 0.15) is 5.75 Å². The third-order valence-electron chi connectivity index (χ3n) is 2.56. The van der Waals surface area contributed by atoms with Gasteiger partial charge in [0, 0.05) is 15.4 Å². The number of aliphatic imine (C=N–C) groups is 1. The molecule has 22 heavy (non-hydrogen) atoms. The zero-order valence-electron chi connectivity index (χ0n) is 11.6. The predicted molar refractivity (Wildman–Crippen MR) is 81.1 cm³/mol. The van der Waals surface area contributed by atoms with Crippen molar-refractivity contribution in [2.24, 2.45) is 10.7 Å². The van der Waals surface area contributed by atoms with Crippen LogP contribution in [-0.4, -0.2) is 12.3 Å². The maximum Gasteiger partial charge on any atom is 0.573 e. The summed E-state index contributed by atoms with van der Waals surface area (Å²) in [4.78, 5) is 6.44. The van der Waals surface area contributed by atoms with Gasteiger partial charge in [0.15, 0.2) is 5.96 Å². The molecule has 2 rings (SSSR count). The topological polar surface area (TPSA) is 59.6 Å². The highest BCUT2D eigenvalue weighted by molar-refractivity contribution is 7.11. The van der Waals surface area contributed by atoms with Crippen LogP contribution in [0.25, 0.3) is 0 Å². The van der Waals surface area contributed by atoms with Crippen LogP contribution in [0.3, 0.4) is 0 Å². The summed E-state index contributed by atoms with van der Waals surface area (Å²) >= 11 is 1.63. The highest BCUT2D eigenvalue weighted by atomic mass is 32.1. The lowest BCUT2D eigenvalue weighted by Gasteiger charge is -2.10. The minimum absolute atomic E-state index is 0.190. The molecule has 0 radical (unpaired) electrons. The molecule has 0 unspecified atom stereocenters. The minimum Gasteiger partial charge on any atom is -0.406 e. The number of hydrogen-bond donors (Lipinski definition) is 2.